The highest BCUT2D eigenvalue weighted by Crippen LogP contribution is 2.25. The molecule has 0 amide bonds. The Labute approximate surface area is 123 Å². The van der Waals surface area contributed by atoms with Gasteiger partial charge in [-0.2, -0.15) is 5.10 Å². The molecule has 0 aromatic carbocycles. The van der Waals surface area contributed by atoms with E-state index in [4.69, 9.17) is 0 Å². The van der Waals surface area contributed by atoms with Crippen molar-refractivity contribution in [1.82, 2.24) is 14.6 Å². The first kappa shape index (κ1) is 14.1. The first-order valence-corrected chi connectivity index (χ1v) is 8.48. The zero-order valence-corrected chi connectivity index (χ0v) is 13.1. The number of nitrogens with zero attached hydrogens (tertiary/aromatic N) is 3. The third kappa shape index (κ3) is 2.78. The number of hydrogen-bond donors (Lipinski definition) is 1. The first-order chi connectivity index (χ1) is 9.74. The summed E-state index contributed by atoms with van der Waals surface area (Å²) in [6, 6.07) is 1.74. The van der Waals surface area contributed by atoms with Crippen LogP contribution in [0.4, 0.5) is 5.82 Å². The number of sulfone groups is 1. The highest BCUT2D eigenvalue weighted by molar-refractivity contribution is 7.94. The van der Waals surface area contributed by atoms with Gasteiger partial charge in [0, 0.05) is 23.2 Å². The fourth-order valence-electron chi connectivity index (χ4n) is 2.24. The van der Waals surface area contributed by atoms with E-state index in [0.29, 0.717) is 5.82 Å². The molecule has 6 nitrogen and oxygen atoms in total. The Kier molecular flexibility index (Phi) is 3.05. The summed E-state index contributed by atoms with van der Waals surface area (Å²) in [5.41, 5.74) is 1.76. The molecule has 0 saturated carbocycles. The molecule has 1 atom stereocenters. The molecule has 0 aliphatic carbocycles. The molecule has 0 bridgehead atoms. The molecule has 0 radical (unpaired) electrons. The minimum atomic E-state index is -3.08. The Hall–Kier alpha value is -1.89. The largest absolute Gasteiger partial charge is 0.361 e. The van der Waals surface area contributed by atoms with E-state index < -0.39 is 9.84 Å². The number of hydrogen-bond acceptors (Lipinski definition) is 5. The molecule has 1 aliphatic heterocycles. The number of rotatable bonds is 2. The van der Waals surface area contributed by atoms with Crippen molar-refractivity contribution in [2.45, 2.75) is 32.2 Å². The van der Waals surface area contributed by atoms with Crippen LogP contribution in [-0.2, 0) is 15.3 Å². The van der Waals surface area contributed by atoms with Crippen LogP contribution in [0.2, 0.25) is 0 Å². The second-order valence-electron chi connectivity index (χ2n) is 6.29. The zero-order chi connectivity index (χ0) is 15.3. The fourth-order valence-corrected chi connectivity index (χ4v) is 3.48. The van der Waals surface area contributed by atoms with E-state index in [1.807, 2.05) is 6.07 Å². The van der Waals surface area contributed by atoms with Gasteiger partial charge in [-0.3, -0.25) is 0 Å². The van der Waals surface area contributed by atoms with E-state index >= 15 is 0 Å². The molecule has 0 fully saturated rings. The Morgan fingerprint density at radius 2 is 2.14 bits per heavy atom. The van der Waals surface area contributed by atoms with Crippen molar-refractivity contribution in [3.63, 3.8) is 0 Å². The SMILES string of the molecule is CC(C)(C)c1cc2c(NC3C=CS(=O)(=O)C3)nccn2n1. The summed E-state index contributed by atoms with van der Waals surface area (Å²) >= 11 is 0. The average Bonchev–Trinajstić information content (AvgIpc) is 2.93. The van der Waals surface area contributed by atoms with Crippen molar-refractivity contribution in [3.8, 4) is 0 Å². The molecule has 21 heavy (non-hydrogen) atoms. The van der Waals surface area contributed by atoms with Crippen LogP contribution >= 0.6 is 0 Å². The average molecular weight is 306 g/mol. The van der Waals surface area contributed by atoms with Crippen molar-refractivity contribution in [2.75, 3.05) is 11.1 Å². The van der Waals surface area contributed by atoms with Crippen LogP contribution in [0, 0.1) is 0 Å². The lowest BCUT2D eigenvalue weighted by Gasteiger charge is -2.13. The standard InChI is InChI=1S/C14H18N4O2S/c1-14(2,3)12-8-11-13(15-5-6-18(11)17-12)16-10-4-7-21(19,20)9-10/h4-8,10H,9H2,1-3H3,(H,15,16). The van der Waals surface area contributed by atoms with E-state index in [1.165, 1.54) is 5.41 Å². The van der Waals surface area contributed by atoms with Crippen LogP contribution in [0.5, 0.6) is 0 Å². The summed E-state index contributed by atoms with van der Waals surface area (Å²) in [5.74, 6) is 0.711. The van der Waals surface area contributed by atoms with E-state index in [0.717, 1.165) is 11.2 Å². The second kappa shape index (κ2) is 4.56. The minimum Gasteiger partial charge on any atom is -0.361 e. The zero-order valence-electron chi connectivity index (χ0n) is 12.2. The van der Waals surface area contributed by atoms with Crippen LogP contribution in [0.3, 0.4) is 0 Å². The topological polar surface area (TPSA) is 76.4 Å². The maximum Gasteiger partial charge on any atom is 0.173 e. The van der Waals surface area contributed by atoms with Gasteiger partial charge in [-0.1, -0.05) is 20.8 Å². The highest BCUT2D eigenvalue weighted by Gasteiger charge is 2.23. The molecule has 3 rings (SSSR count). The summed E-state index contributed by atoms with van der Waals surface area (Å²) in [7, 11) is -3.08. The predicted octanol–water partition coefficient (Wildman–Crippen LogP) is 1.75. The maximum atomic E-state index is 11.5. The lowest BCUT2D eigenvalue weighted by molar-refractivity contribution is 0.562. The van der Waals surface area contributed by atoms with Crippen LogP contribution in [0.1, 0.15) is 26.5 Å². The van der Waals surface area contributed by atoms with Crippen molar-refractivity contribution in [2.24, 2.45) is 0 Å². The first-order valence-electron chi connectivity index (χ1n) is 6.77. The summed E-state index contributed by atoms with van der Waals surface area (Å²) < 4.78 is 24.7. The third-order valence-electron chi connectivity index (χ3n) is 3.41. The number of anilines is 1. The summed E-state index contributed by atoms with van der Waals surface area (Å²) in [4.78, 5) is 4.31. The summed E-state index contributed by atoms with van der Waals surface area (Å²) in [6.07, 6.45) is 5.10. The van der Waals surface area contributed by atoms with Gasteiger partial charge in [-0.25, -0.2) is 17.9 Å². The maximum absolute atomic E-state index is 11.5. The predicted molar refractivity (Wildman–Crippen MR) is 82.0 cm³/mol. The normalized spacial score (nSPS) is 21.0. The summed E-state index contributed by atoms with van der Waals surface area (Å²) in [6.45, 7) is 6.30. The smallest absolute Gasteiger partial charge is 0.173 e. The van der Waals surface area contributed by atoms with E-state index in [9.17, 15) is 8.42 Å². The van der Waals surface area contributed by atoms with E-state index in [-0.39, 0.29) is 17.2 Å². The molecule has 112 valence electrons. The van der Waals surface area contributed by atoms with Gasteiger partial charge in [-0.15, -0.1) is 0 Å². The second-order valence-corrected chi connectivity index (χ2v) is 8.23. The van der Waals surface area contributed by atoms with E-state index in [2.05, 4.69) is 36.2 Å². The number of nitrogens with one attached hydrogen (secondary N) is 1. The number of fused-ring (bicyclic) bond motifs is 1. The van der Waals surface area contributed by atoms with Crippen LogP contribution in [-0.4, -0.2) is 34.8 Å². The van der Waals surface area contributed by atoms with Crippen LogP contribution in [0.25, 0.3) is 5.52 Å². The molecule has 2 aromatic heterocycles. The Balaban J connectivity index is 1.96. The van der Waals surface area contributed by atoms with Crippen LogP contribution in [0.15, 0.2) is 29.9 Å². The molecule has 7 heteroatoms. The molecular formula is C14H18N4O2S. The fraction of sp³-hybridized carbons (Fsp3) is 0.429. The lowest BCUT2D eigenvalue weighted by Crippen LogP contribution is -2.21. The molecule has 1 aliphatic rings. The van der Waals surface area contributed by atoms with E-state index in [1.54, 1.807) is 23.0 Å². The molecule has 1 unspecified atom stereocenters. The van der Waals surface area contributed by atoms with Crippen molar-refractivity contribution < 1.29 is 8.42 Å². The Morgan fingerprint density at radius 1 is 1.38 bits per heavy atom. The Bertz CT molecular complexity index is 815. The number of aromatic nitrogens is 3. The van der Waals surface area contributed by atoms with Gasteiger partial charge >= 0.3 is 0 Å². The van der Waals surface area contributed by atoms with Gasteiger partial charge < -0.3 is 5.32 Å². The van der Waals surface area contributed by atoms with Gasteiger partial charge in [0.05, 0.1) is 17.5 Å². The minimum absolute atomic E-state index is 0.0557. The van der Waals surface area contributed by atoms with Gasteiger partial charge in [0.2, 0.25) is 0 Å². The summed E-state index contributed by atoms with van der Waals surface area (Å²) in [5, 5.41) is 8.97. The molecule has 2 aromatic rings. The van der Waals surface area contributed by atoms with Gasteiger partial charge in [-0.05, 0) is 12.1 Å². The molecule has 0 spiro atoms. The highest BCUT2D eigenvalue weighted by atomic mass is 32.2. The van der Waals surface area contributed by atoms with Crippen molar-refractivity contribution >= 4 is 21.2 Å². The van der Waals surface area contributed by atoms with Gasteiger partial charge in [0.15, 0.2) is 15.7 Å². The molecular weight excluding hydrogens is 288 g/mol. The molecule has 0 saturated heterocycles. The lowest BCUT2D eigenvalue weighted by atomic mass is 9.92. The molecule has 3 heterocycles. The Morgan fingerprint density at radius 3 is 2.76 bits per heavy atom. The van der Waals surface area contributed by atoms with Crippen molar-refractivity contribution in [1.29, 1.82) is 0 Å². The van der Waals surface area contributed by atoms with Gasteiger partial charge in [0.25, 0.3) is 0 Å². The van der Waals surface area contributed by atoms with Crippen molar-refractivity contribution in [3.05, 3.63) is 35.6 Å². The molecule has 1 N–H and O–H groups in total. The van der Waals surface area contributed by atoms with Gasteiger partial charge in [0.1, 0.15) is 5.52 Å². The quantitative estimate of drug-likeness (QED) is 0.914. The monoisotopic (exact) mass is 306 g/mol. The van der Waals surface area contributed by atoms with Crippen LogP contribution < -0.4 is 5.32 Å². The third-order valence-corrected chi connectivity index (χ3v) is 4.81.